The van der Waals surface area contributed by atoms with Crippen molar-refractivity contribution in [2.45, 2.75) is 52.5 Å². The molecular weight excluding hydrogens is 370 g/mol. The van der Waals surface area contributed by atoms with E-state index in [1.165, 1.54) is 5.56 Å². The van der Waals surface area contributed by atoms with E-state index < -0.39 is 5.41 Å². The Hall–Kier alpha value is -3.39. The third-order valence-electron chi connectivity index (χ3n) is 5.67. The molecule has 0 radical (unpaired) electrons. The average Bonchev–Trinajstić information content (AvgIpc) is 3.36. The lowest BCUT2D eigenvalue weighted by Gasteiger charge is -2.16. The van der Waals surface area contributed by atoms with E-state index in [-0.39, 0.29) is 0 Å². The van der Waals surface area contributed by atoms with Crippen LogP contribution in [-0.2, 0) is 18.4 Å². The fourth-order valence-corrected chi connectivity index (χ4v) is 3.91. The lowest BCUT2D eigenvalue weighted by Crippen LogP contribution is -2.14. The standard InChI is InChI=1S/C25H27N5/c1-5-6-21-29-22-17(2)11-13-28-24(22)30(21)15-18-7-9-19(10-8-18)23-20(12-14-27-23)25(3,4)16-26/h7-14,27H,5-6,15H2,1-4H3. The summed E-state index contributed by atoms with van der Waals surface area (Å²) in [4.78, 5) is 12.8. The lowest BCUT2D eigenvalue weighted by molar-refractivity contribution is 0.690. The first kappa shape index (κ1) is 19.9. The van der Waals surface area contributed by atoms with Crippen LogP contribution in [0.4, 0.5) is 0 Å². The van der Waals surface area contributed by atoms with Gasteiger partial charge in [-0.2, -0.15) is 5.26 Å². The topological polar surface area (TPSA) is 70.3 Å². The summed E-state index contributed by atoms with van der Waals surface area (Å²) in [6, 6.07) is 14.9. The number of nitrogens with one attached hydrogen (secondary N) is 1. The van der Waals surface area contributed by atoms with Crippen molar-refractivity contribution in [3.63, 3.8) is 0 Å². The van der Waals surface area contributed by atoms with Crippen LogP contribution in [0.2, 0.25) is 0 Å². The molecule has 3 heterocycles. The number of pyridine rings is 1. The molecule has 0 fully saturated rings. The van der Waals surface area contributed by atoms with E-state index in [1.807, 2.05) is 38.4 Å². The van der Waals surface area contributed by atoms with Crippen molar-refractivity contribution in [1.29, 1.82) is 5.26 Å². The molecular formula is C25H27N5. The largest absolute Gasteiger partial charge is 0.361 e. The van der Waals surface area contributed by atoms with E-state index in [0.717, 1.165) is 58.8 Å². The summed E-state index contributed by atoms with van der Waals surface area (Å²) in [7, 11) is 0. The van der Waals surface area contributed by atoms with E-state index >= 15 is 0 Å². The second kappa shape index (κ2) is 7.79. The second-order valence-corrected chi connectivity index (χ2v) is 8.36. The van der Waals surface area contributed by atoms with Gasteiger partial charge in [0, 0.05) is 18.8 Å². The number of aryl methyl sites for hydroxylation is 2. The number of fused-ring (bicyclic) bond motifs is 1. The van der Waals surface area contributed by atoms with Crippen molar-refractivity contribution in [3.8, 4) is 17.3 Å². The maximum absolute atomic E-state index is 9.52. The van der Waals surface area contributed by atoms with Gasteiger partial charge in [0.1, 0.15) is 11.3 Å². The number of nitriles is 1. The molecule has 0 bridgehead atoms. The van der Waals surface area contributed by atoms with Gasteiger partial charge in [-0.3, -0.25) is 0 Å². The van der Waals surface area contributed by atoms with Gasteiger partial charge in [-0.15, -0.1) is 0 Å². The number of aromatic nitrogens is 4. The lowest BCUT2D eigenvalue weighted by atomic mass is 9.85. The number of aromatic amines is 1. The molecule has 0 aliphatic rings. The van der Waals surface area contributed by atoms with Crippen molar-refractivity contribution in [2.75, 3.05) is 0 Å². The second-order valence-electron chi connectivity index (χ2n) is 8.36. The Balaban J connectivity index is 1.68. The molecule has 0 spiro atoms. The van der Waals surface area contributed by atoms with E-state index in [1.54, 1.807) is 0 Å². The summed E-state index contributed by atoms with van der Waals surface area (Å²) in [5.74, 6) is 1.08. The molecule has 1 N–H and O–H groups in total. The fraction of sp³-hybridized carbons (Fsp3) is 0.320. The van der Waals surface area contributed by atoms with Gasteiger partial charge >= 0.3 is 0 Å². The van der Waals surface area contributed by atoms with Gasteiger partial charge in [-0.1, -0.05) is 31.2 Å². The van der Waals surface area contributed by atoms with Crippen LogP contribution in [0.25, 0.3) is 22.4 Å². The minimum absolute atomic E-state index is 0.539. The number of H-pyrrole nitrogens is 1. The Bertz CT molecular complexity index is 1220. The van der Waals surface area contributed by atoms with Crippen LogP contribution in [0.1, 0.15) is 49.7 Å². The van der Waals surface area contributed by atoms with Crippen molar-refractivity contribution in [1.82, 2.24) is 19.5 Å². The van der Waals surface area contributed by atoms with Crippen LogP contribution in [0, 0.1) is 18.3 Å². The minimum Gasteiger partial charge on any atom is -0.361 e. The first-order valence-corrected chi connectivity index (χ1v) is 10.4. The minimum atomic E-state index is -0.539. The molecule has 0 aliphatic heterocycles. The van der Waals surface area contributed by atoms with Crippen molar-refractivity contribution in [3.05, 3.63) is 71.3 Å². The van der Waals surface area contributed by atoms with Gasteiger partial charge in [-0.05, 0) is 61.6 Å². The zero-order chi connectivity index (χ0) is 21.3. The predicted octanol–water partition coefficient (Wildman–Crippen LogP) is 5.54. The van der Waals surface area contributed by atoms with Gasteiger partial charge in [0.2, 0.25) is 0 Å². The molecule has 1 aromatic carbocycles. The molecule has 0 amide bonds. The van der Waals surface area contributed by atoms with Crippen LogP contribution < -0.4 is 0 Å². The zero-order valence-electron chi connectivity index (χ0n) is 18.0. The SMILES string of the molecule is CCCc1nc2c(C)ccnc2n1Cc1ccc(-c2[nH]ccc2C(C)(C)C#N)cc1. The number of benzene rings is 1. The summed E-state index contributed by atoms with van der Waals surface area (Å²) in [6.07, 6.45) is 5.74. The highest BCUT2D eigenvalue weighted by molar-refractivity contribution is 5.75. The fourth-order valence-electron chi connectivity index (χ4n) is 3.91. The molecule has 30 heavy (non-hydrogen) atoms. The van der Waals surface area contributed by atoms with E-state index in [2.05, 4.69) is 58.7 Å². The molecule has 4 aromatic rings. The molecule has 0 unspecified atom stereocenters. The number of imidazole rings is 1. The molecule has 4 rings (SSSR count). The Morgan fingerprint density at radius 1 is 1.13 bits per heavy atom. The van der Waals surface area contributed by atoms with E-state index in [9.17, 15) is 5.26 Å². The molecule has 5 heteroatoms. The Morgan fingerprint density at radius 3 is 2.60 bits per heavy atom. The van der Waals surface area contributed by atoms with Crippen LogP contribution in [0.15, 0.2) is 48.8 Å². The summed E-state index contributed by atoms with van der Waals surface area (Å²) in [5, 5.41) is 9.52. The van der Waals surface area contributed by atoms with Gasteiger partial charge in [0.15, 0.2) is 5.65 Å². The third-order valence-corrected chi connectivity index (χ3v) is 5.67. The van der Waals surface area contributed by atoms with Crippen molar-refractivity contribution in [2.24, 2.45) is 0 Å². The van der Waals surface area contributed by atoms with Gasteiger partial charge < -0.3 is 9.55 Å². The first-order chi connectivity index (χ1) is 14.4. The molecule has 0 saturated carbocycles. The number of nitrogens with zero attached hydrogens (tertiary/aromatic N) is 4. The molecule has 3 aromatic heterocycles. The molecule has 5 nitrogen and oxygen atoms in total. The molecule has 0 saturated heterocycles. The van der Waals surface area contributed by atoms with Crippen LogP contribution >= 0.6 is 0 Å². The summed E-state index contributed by atoms with van der Waals surface area (Å²) in [6.45, 7) is 8.90. The average molecular weight is 398 g/mol. The normalized spacial score (nSPS) is 11.7. The summed E-state index contributed by atoms with van der Waals surface area (Å²) in [5.41, 5.74) is 6.87. The van der Waals surface area contributed by atoms with Crippen LogP contribution in [0.3, 0.4) is 0 Å². The summed E-state index contributed by atoms with van der Waals surface area (Å²) < 4.78 is 2.24. The Kier molecular flexibility index (Phi) is 5.17. The van der Waals surface area contributed by atoms with E-state index in [4.69, 9.17) is 4.98 Å². The highest BCUT2D eigenvalue weighted by Gasteiger charge is 2.24. The Morgan fingerprint density at radius 2 is 1.90 bits per heavy atom. The van der Waals surface area contributed by atoms with Gasteiger partial charge in [-0.25, -0.2) is 9.97 Å². The maximum atomic E-state index is 9.52. The third kappa shape index (κ3) is 3.50. The highest BCUT2D eigenvalue weighted by atomic mass is 15.1. The van der Waals surface area contributed by atoms with Crippen molar-refractivity contribution < 1.29 is 0 Å². The highest BCUT2D eigenvalue weighted by Crippen LogP contribution is 2.32. The number of rotatable bonds is 6. The Labute approximate surface area is 177 Å². The number of hydrogen-bond donors (Lipinski definition) is 1. The molecule has 152 valence electrons. The monoisotopic (exact) mass is 397 g/mol. The predicted molar refractivity (Wildman–Crippen MR) is 120 cm³/mol. The van der Waals surface area contributed by atoms with Gasteiger partial charge in [0.05, 0.1) is 23.7 Å². The molecule has 0 atom stereocenters. The van der Waals surface area contributed by atoms with Crippen LogP contribution in [0.5, 0.6) is 0 Å². The summed E-state index contributed by atoms with van der Waals surface area (Å²) >= 11 is 0. The number of hydrogen-bond acceptors (Lipinski definition) is 3. The van der Waals surface area contributed by atoms with E-state index in [0.29, 0.717) is 0 Å². The zero-order valence-corrected chi connectivity index (χ0v) is 18.0. The van der Waals surface area contributed by atoms with Crippen LogP contribution in [-0.4, -0.2) is 19.5 Å². The van der Waals surface area contributed by atoms with Gasteiger partial charge in [0.25, 0.3) is 0 Å². The molecule has 0 aliphatic carbocycles. The maximum Gasteiger partial charge on any atom is 0.160 e. The smallest absolute Gasteiger partial charge is 0.160 e. The first-order valence-electron chi connectivity index (χ1n) is 10.4. The van der Waals surface area contributed by atoms with Crippen molar-refractivity contribution >= 4 is 11.2 Å². The quantitative estimate of drug-likeness (QED) is 0.464.